The Labute approximate surface area is 142 Å². The van der Waals surface area contributed by atoms with Crippen molar-refractivity contribution < 1.29 is 13.6 Å². The van der Waals surface area contributed by atoms with E-state index < -0.39 is 0 Å². The van der Waals surface area contributed by atoms with Gasteiger partial charge in [-0.25, -0.2) is 4.39 Å². The minimum atomic E-state index is -0.269. The standard InChI is InChI=1S/C17H18BrFN2O2/c18-15-9-13(19)6-5-12(15)11-21-7-1-4-16(21)17(22)20-10-14-3-2-8-23-14/h2-3,5-6,8-9,16H,1,4,7,10-11H2,(H,20,22). The first-order valence-corrected chi connectivity index (χ1v) is 8.41. The molecule has 1 aromatic carbocycles. The Bertz CT molecular complexity index is 675. The molecule has 0 aliphatic carbocycles. The second-order valence-electron chi connectivity index (χ2n) is 5.66. The van der Waals surface area contributed by atoms with Crippen molar-refractivity contribution in [3.05, 3.63) is 58.2 Å². The molecule has 1 saturated heterocycles. The molecule has 2 aromatic rings. The van der Waals surface area contributed by atoms with E-state index in [0.717, 1.165) is 35.2 Å². The zero-order valence-electron chi connectivity index (χ0n) is 12.6. The van der Waals surface area contributed by atoms with Gasteiger partial charge in [-0.05, 0) is 49.2 Å². The van der Waals surface area contributed by atoms with Gasteiger partial charge in [0.1, 0.15) is 11.6 Å². The fourth-order valence-corrected chi connectivity index (χ4v) is 3.36. The highest BCUT2D eigenvalue weighted by molar-refractivity contribution is 9.10. The average Bonchev–Trinajstić information content (AvgIpc) is 3.19. The van der Waals surface area contributed by atoms with Crippen molar-refractivity contribution in [3.63, 3.8) is 0 Å². The van der Waals surface area contributed by atoms with E-state index in [4.69, 9.17) is 4.42 Å². The topological polar surface area (TPSA) is 45.5 Å². The maximum atomic E-state index is 13.2. The molecule has 23 heavy (non-hydrogen) atoms. The Morgan fingerprint density at radius 2 is 2.30 bits per heavy atom. The first-order valence-electron chi connectivity index (χ1n) is 7.61. The molecule has 2 heterocycles. The Balaban J connectivity index is 1.61. The molecule has 1 aliphatic rings. The molecule has 0 spiro atoms. The number of hydrogen-bond acceptors (Lipinski definition) is 3. The van der Waals surface area contributed by atoms with Crippen LogP contribution in [-0.2, 0) is 17.9 Å². The summed E-state index contributed by atoms with van der Waals surface area (Å²) >= 11 is 3.39. The highest BCUT2D eigenvalue weighted by Crippen LogP contribution is 2.25. The predicted molar refractivity (Wildman–Crippen MR) is 88.1 cm³/mol. The third kappa shape index (κ3) is 4.00. The number of furan rings is 1. The Morgan fingerprint density at radius 1 is 1.43 bits per heavy atom. The highest BCUT2D eigenvalue weighted by Gasteiger charge is 2.30. The normalized spacial score (nSPS) is 18.3. The number of carbonyl (C=O) groups is 1. The molecule has 0 bridgehead atoms. The van der Waals surface area contributed by atoms with Gasteiger partial charge in [0.05, 0.1) is 18.8 Å². The molecular formula is C17H18BrFN2O2. The third-order valence-corrected chi connectivity index (χ3v) is 4.81. The van der Waals surface area contributed by atoms with Crippen LogP contribution in [0.25, 0.3) is 0 Å². The first kappa shape index (κ1) is 16.2. The minimum absolute atomic E-state index is 0.0112. The van der Waals surface area contributed by atoms with Gasteiger partial charge in [-0.1, -0.05) is 22.0 Å². The van der Waals surface area contributed by atoms with Gasteiger partial charge in [-0.3, -0.25) is 9.69 Å². The van der Waals surface area contributed by atoms with Crippen LogP contribution in [0.2, 0.25) is 0 Å². The largest absolute Gasteiger partial charge is 0.467 e. The van der Waals surface area contributed by atoms with Gasteiger partial charge in [0, 0.05) is 11.0 Å². The minimum Gasteiger partial charge on any atom is -0.467 e. The van der Waals surface area contributed by atoms with Crippen molar-refractivity contribution in [2.24, 2.45) is 0 Å². The van der Waals surface area contributed by atoms with E-state index in [1.54, 1.807) is 18.4 Å². The van der Waals surface area contributed by atoms with Crippen molar-refractivity contribution >= 4 is 21.8 Å². The lowest BCUT2D eigenvalue weighted by atomic mass is 10.1. The summed E-state index contributed by atoms with van der Waals surface area (Å²) in [7, 11) is 0. The van der Waals surface area contributed by atoms with Gasteiger partial charge in [0.25, 0.3) is 0 Å². The molecule has 1 amide bonds. The van der Waals surface area contributed by atoms with Gasteiger partial charge in [-0.2, -0.15) is 0 Å². The van der Waals surface area contributed by atoms with E-state index >= 15 is 0 Å². The van der Waals surface area contributed by atoms with Crippen LogP contribution in [0.5, 0.6) is 0 Å². The Hall–Kier alpha value is -1.66. The summed E-state index contributed by atoms with van der Waals surface area (Å²) in [5.41, 5.74) is 0.983. The van der Waals surface area contributed by atoms with E-state index in [9.17, 15) is 9.18 Å². The SMILES string of the molecule is O=C(NCc1ccco1)C1CCCN1Cc1ccc(F)cc1Br. The molecule has 122 valence electrons. The number of amides is 1. The number of hydrogen-bond donors (Lipinski definition) is 1. The second kappa shape index (κ2) is 7.27. The number of carbonyl (C=O) groups excluding carboxylic acids is 1. The van der Waals surface area contributed by atoms with Crippen molar-refractivity contribution in [3.8, 4) is 0 Å². The smallest absolute Gasteiger partial charge is 0.237 e. The van der Waals surface area contributed by atoms with E-state index in [0.29, 0.717) is 13.1 Å². The van der Waals surface area contributed by atoms with Crippen molar-refractivity contribution in [1.29, 1.82) is 0 Å². The van der Waals surface area contributed by atoms with Crippen LogP contribution in [0, 0.1) is 5.82 Å². The zero-order valence-corrected chi connectivity index (χ0v) is 14.2. The maximum Gasteiger partial charge on any atom is 0.237 e. The number of likely N-dealkylation sites (tertiary alicyclic amines) is 1. The predicted octanol–water partition coefficient (Wildman–Crippen LogP) is 3.46. The number of rotatable bonds is 5. The van der Waals surface area contributed by atoms with E-state index in [2.05, 4.69) is 26.1 Å². The van der Waals surface area contributed by atoms with Crippen LogP contribution in [0.4, 0.5) is 4.39 Å². The number of halogens is 2. The monoisotopic (exact) mass is 380 g/mol. The average molecular weight is 381 g/mol. The summed E-state index contributed by atoms with van der Waals surface area (Å²) < 4.78 is 19.1. The fraction of sp³-hybridized carbons (Fsp3) is 0.353. The van der Waals surface area contributed by atoms with E-state index in [1.807, 2.05) is 6.07 Å². The van der Waals surface area contributed by atoms with Crippen LogP contribution in [0.3, 0.4) is 0 Å². The lowest BCUT2D eigenvalue weighted by Crippen LogP contribution is -2.42. The third-order valence-electron chi connectivity index (χ3n) is 4.07. The second-order valence-corrected chi connectivity index (χ2v) is 6.52. The molecular weight excluding hydrogens is 363 g/mol. The summed E-state index contributed by atoms with van der Waals surface area (Å²) in [6.07, 6.45) is 3.41. The Kier molecular flexibility index (Phi) is 5.13. The van der Waals surface area contributed by atoms with Crippen molar-refractivity contribution in [2.45, 2.75) is 32.0 Å². The molecule has 1 atom stereocenters. The molecule has 1 N–H and O–H groups in total. The van der Waals surface area contributed by atoms with Gasteiger partial charge < -0.3 is 9.73 Å². The molecule has 1 aliphatic heterocycles. The lowest BCUT2D eigenvalue weighted by molar-refractivity contribution is -0.125. The Morgan fingerprint density at radius 3 is 3.04 bits per heavy atom. The van der Waals surface area contributed by atoms with Crippen molar-refractivity contribution in [1.82, 2.24) is 10.2 Å². The lowest BCUT2D eigenvalue weighted by Gasteiger charge is -2.24. The fourth-order valence-electron chi connectivity index (χ4n) is 2.89. The van der Waals surface area contributed by atoms with E-state index in [1.165, 1.54) is 12.1 Å². The summed E-state index contributed by atoms with van der Waals surface area (Å²) in [6.45, 7) is 1.89. The number of benzene rings is 1. The molecule has 3 rings (SSSR count). The summed E-state index contributed by atoms with van der Waals surface area (Å²) in [6, 6.07) is 8.15. The van der Waals surface area contributed by atoms with Crippen molar-refractivity contribution in [2.75, 3.05) is 6.54 Å². The summed E-state index contributed by atoms with van der Waals surface area (Å²) in [4.78, 5) is 14.5. The van der Waals surface area contributed by atoms with Crippen LogP contribution < -0.4 is 5.32 Å². The molecule has 1 fully saturated rings. The summed E-state index contributed by atoms with van der Waals surface area (Å²) in [5, 5.41) is 2.92. The quantitative estimate of drug-likeness (QED) is 0.863. The molecule has 6 heteroatoms. The van der Waals surface area contributed by atoms with Gasteiger partial charge in [0.2, 0.25) is 5.91 Å². The first-order chi connectivity index (χ1) is 11.1. The highest BCUT2D eigenvalue weighted by atomic mass is 79.9. The number of nitrogens with one attached hydrogen (secondary N) is 1. The van der Waals surface area contributed by atoms with Gasteiger partial charge >= 0.3 is 0 Å². The van der Waals surface area contributed by atoms with Crippen LogP contribution in [-0.4, -0.2) is 23.4 Å². The summed E-state index contributed by atoms with van der Waals surface area (Å²) in [5.74, 6) is 0.482. The van der Waals surface area contributed by atoms with Crippen LogP contribution in [0.15, 0.2) is 45.5 Å². The van der Waals surface area contributed by atoms with Gasteiger partial charge in [-0.15, -0.1) is 0 Å². The molecule has 4 nitrogen and oxygen atoms in total. The van der Waals surface area contributed by atoms with Crippen LogP contribution in [0.1, 0.15) is 24.2 Å². The molecule has 0 radical (unpaired) electrons. The van der Waals surface area contributed by atoms with Crippen LogP contribution >= 0.6 is 15.9 Å². The molecule has 0 saturated carbocycles. The van der Waals surface area contributed by atoms with E-state index in [-0.39, 0.29) is 17.8 Å². The maximum absolute atomic E-state index is 13.2. The number of nitrogens with zero attached hydrogens (tertiary/aromatic N) is 1. The zero-order chi connectivity index (χ0) is 16.2. The van der Waals surface area contributed by atoms with Gasteiger partial charge in [0.15, 0.2) is 0 Å². The molecule has 1 aromatic heterocycles. The molecule has 1 unspecified atom stereocenters.